The van der Waals surface area contributed by atoms with Crippen LogP contribution in [-0.4, -0.2) is 18.1 Å². The zero-order valence-corrected chi connectivity index (χ0v) is 10.7. The van der Waals surface area contributed by atoms with E-state index in [9.17, 15) is 0 Å². The van der Waals surface area contributed by atoms with Crippen LogP contribution < -0.4 is 5.32 Å². The van der Waals surface area contributed by atoms with Crippen LogP contribution in [0.1, 0.15) is 24.5 Å². The maximum absolute atomic E-state index is 3.47. The van der Waals surface area contributed by atoms with Gasteiger partial charge in [0, 0.05) is 11.8 Å². The molecule has 0 saturated carbocycles. The van der Waals surface area contributed by atoms with Gasteiger partial charge in [0.15, 0.2) is 0 Å². The molecular weight excluding hydrogens is 202 g/mol. The van der Waals surface area contributed by atoms with Crippen molar-refractivity contribution >= 4 is 11.8 Å². The number of hydrogen-bond donors (Lipinski definition) is 1. The predicted molar refractivity (Wildman–Crippen MR) is 70.5 cm³/mol. The molecule has 0 aromatic heterocycles. The highest BCUT2D eigenvalue weighted by Gasteiger charge is 1.98. The van der Waals surface area contributed by atoms with Crippen molar-refractivity contribution in [1.82, 2.24) is 5.32 Å². The minimum atomic E-state index is 0.760. The zero-order valence-electron chi connectivity index (χ0n) is 9.92. The van der Waals surface area contributed by atoms with Gasteiger partial charge in [0.1, 0.15) is 0 Å². The molecule has 1 atom stereocenters. The fraction of sp³-hybridized carbons (Fsp3) is 0.538. The van der Waals surface area contributed by atoms with Crippen molar-refractivity contribution in [2.24, 2.45) is 0 Å². The normalized spacial score (nSPS) is 12.7. The molecule has 84 valence electrons. The van der Waals surface area contributed by atoms with Gasteiger partial charge in [-0.3, -0.25) is 0 Å². The number of hydrogen-bond acceptors (Lipinski definition) is 2. The summed E-state index contributed by atoms with van der Waals surface area (Å²) in [5.41, 5.74) is 2.70. The van der Waals surface area contributed by atoms with E-state index in [0.717, 1.165) is 18.3 Å². The lowest BCUT2D eigenvalue weighted by molar-refractivity contribution is 0.648. The van der Waals surface area contributed by atoms with Crippen LogP contribution in [0, 0.1) is 6.92 Å². The van der Waals surface area contributed by atoms with E-state index >= 15 is 0 Å². The Balaban J connectivity index is 2.17. The predicted octanol–water partition coefficient (Wildman–Crippen LogP) is 3.23. The van der Waals surface area contributed by atoms with Crippen molar-refractivity contribution in [3.05, 3.63) is 35.4 Å². The van der Waals surface area contributed by atoms with Gasteiger partial charge in [-0.1, -0.05) is 36.8 Å². The lowest BCUT2D eigenvalue weighted by atomic mass is 10.1. The smallest absolute Gasteiger partial charge is 0.0205 e. The first-order valence-corrected chi connectivity index (χ1v) is 6.80. The van der Waals surface area contributed by atoms with Crippen LogP contribution in [0.4, 0.5) is 0 Å². The van der Waals surface area contributed by atoms with Gasteiger partial charge in [-0.05, 0) is 31.7 Å². The van der Waals surface area contributed by atoms with Crippen LogP contribution in [0.15, 0.2) is 24.3 Å². The van der Waals surface area contributed by atoms with Gasteiger partial charge in [-0.25, -0.2) is 0 Å². The third-order valence-electron chi connectivity index (χ3n) is 2.58. The highest BCUT2D eigenvalue weighted by atomic mass is 32.2. The van der Waals surface area contributed by atoms with E-state index in [1.54, 1.807) is 0 Å². The molecule has 0 spiro atoms. The van der Waals surface area contributed by atoms with Gasteiger partial charge in [-0.2, -0.15) is 11.8 Å². The fourth-order valence-electron chi connectivity index (χ4n) is 1.36. The third kappa shape index (κ3) is 5.24. The van der Waals surface area contributed by atoms with Gasteiger partial charge in [0.25, 0.3) is 0 Å². The molecule has 0 fully saturated rings. The average Bonchev–Trinajstić information content (AvgIpc) is 2.26. The van der Waals surface area contributed by atoms with Gasteiger partial charge >= 0.3 is 0 Å². The van der Waals surface area contributed by atoms with Crippen LogP contribution in [0.5, 0.6) is 0 Å². The summed E-state index contributed by atoms with van der Waals surface area (Å²) in [5.74, 6) is 0. The summed E-state index contributed by atoms with van der Waals surface area (Å²) in [6.45, 7) is 6.49. The van der Waals surface area contributed by atoms with Crippen molar-refractivity contribution in [3.8, 4) is 0 Å². The fourth-order valence-corrected chi connectivity index (χ4v) is 1.72. The first kappa shape index (κ1) is 12.6. The maximum atomic E-state index is 3.47. The highest BCUT2D eigenvalue weighted by molar-refractivity contribution is 7.99. The summed E-state index contributed by atoms with van der Waals surface area (Å²) in [7, 11) is 0. The average molecular weight is 223 g/mol. The molecule has 1 nitrogen and oxygen atoms in total. The first-order chi connectivity index (χ1) is 7.22. The summed E-state index contributed by atoms with van der Waals surface area (Å²) < 4.78 is 0. The van der Waals surface area contributed by atoms with E-state index in [4.69, 9.17) is 0 Å². The zero-order chi connectivity index (χ0) is 11.1. The van der Waals surface area contributed by atoms with Crippen molar-refractivity contribution in [2.45, 2.75) is 32.1 Å². The van der Waals surface area contributed by atoms with Crippen molar-refractivity contribution in [3.63, 3.8) is 0 Å². The molecule has 0 amide bonds. The lowest BCUT2D eigenvalue weighted by Gasteiger charge is -2.09. The topological polar surface area (TPSA) is 12.0 Å². The molecule has 1 aromatic carbocycles. The minimum absolute atomic E-state index is 0.760. The SMILES string of the molecule is CSC(C)CCNCc1ccc(C)cc1. The molecule has 0 aliphatic carbocycles. The van der Waals surface area contributed by atoms with Crippen molar-refractivity contribution < 1.29 is 0 Å². The Morgan fingerprint density at radius 3 is 2.53 bits per heavy atom. The maximum Gasteiger partial charge on any atom is 0.0205 e. The molecule has 2 heteroatoms. The van der Waals surface area contributed by atoms with E-state index in [-0.39, 0.29) is 0 Å². The minimum Gasteiger partial charge on any atom is -0.313 e. The summed E-state index contributed by atoms with van der Waals surface area (Å²) in [5, 5.41) is 4.23. The second kappa shape index (κ2) is 6.91. The Labute approximate surface area is 97.7 Å². The van der Waals surface area contributed by atoms with Crippen LogP contribution >= 0.6 is 11.8 Å². The number of aryl methyl sites for hydroxylation is 1. The van der Waals surface area contributed by atoms with Crippen LogP contribution in [0.3, 0.4) is 0 Å². The third-order valence-corrected chi connectivity index (χ3v) is 3.62. The Hall–Kier alpha value is -0.470. The standard InChI is InChI=1S/C13H21NS/c1-11-4-6-13(7-5-11)10-14-9-8-12(2)15-3/h4-7,12,14H,8-10H2,1-3H3. The van der Waals surface area contributed by atoms with E-state index in [1.807, 2.05) is 11.8 Å². The summed E-state index contributed by atoms with van der Waals surface area (Å²) in [6.07, 6.45) is 3.41. The van der Waals surface area contributed by atoms with Crippen molar-refractivity contribution in [1.29, 1.82) is 0 Å². The molecule has 1 aromatic rings. The number of benzene rings is 1. The number of rotatable bonds is 6. The molecule has 0 saturated heterocycles. The molecule has 0 radical (unpaired) electrons. The first-order valence-electron chi connectivity index (χ1n) is 5.51. The summed E-state index contributed by atoms with van der Waals surface area (Å²) >= 11 is 1.93. The molecular formula is C13H21NS. The second-order valence-corrected chi connectivity index (χ2v) is 5.27. The molecule has 1 N–H and O–H groups in total. The largest absolute Gasteiger partial charge is 0.313 e. The molecule has 0 bridgehead atoms. The molecule has 0 aliphatic heterocycles. The van der Waals surface area contributed by atoms with Crippen molar-refractivity contribution in [2.75, 3.05) is 12.8 Å². The van der Waals surface area contributed by atoms with E-state index in [2.05, 4.69) is 49.7 Å². The van der Waals surface area contributed by atoms with E-state index < -0.39 is 0 Å². The lowest BCUT2D eigenvalue weighted by Crippen LogP contribution is -2.17. The van der Waals surface area contributed by atoms with Crippen LogP contribution in [-0.2, 0) is 6.54 Å². The van der Waals surface area contributed by atoms with E-state index in [1.165, 1.54) is 17.5 Å². The van der Waals surface area contributed by atoms with Gasteiger partial charge < -0.3 is 5.32 Å². The Kier molecular flexibility index (Phi) is 5.81. The van der Waals surface area contributed by atoms with Gasteiger partial charge in [0.05, 0.1) is 0 Å². The summed E-state index contributed by atoms with van der Waals surface area (Å²) in [4.78, 5) is 0. The Morgan fingerprint density at radius 1 is 1.27 bits per heavy atom. The molecule has 1 rings (SSSR count). The molecule has 0 heterocycles. The van der Waals surface area contributed by atoms with E-state index in [0.29, 0.717) is 0 Å². The Bertz CT molecular complexity index is 268. The monoisotopic (exact) mass is 223 g/mol. The molecule has 15 heavy (non-hydrogen) atoms. The van der Waals surface area contributed by atoms with Gasteiger partial charge in [0.2, 0.25) is 0 Å². The van der Waals surface area contributed by atoms with Crippen LogP contribution in [0.25, 0.3) is 0 Å². The quantitative estimate of drug-likeness (QED) is 0.743. The Morgan fingerprint density at radius 2 is 1.93 bits per heavy atom. The number of thioether (sulfide) groups is 1. The number of nitrogens with one attached hydrogen (secondary N) is 1. The molecule has 0 aliphatic rings. The van der Waals surface area contributed by atoms with Gasteiger partial charge in [-0.15, -0.1) is 0 Å². The summed E-state index contributed by atoms with van der Waals surface area (Å²) in [6, 6.07) is 8.73. The second-order valence-electron chi connectivity index (χ2n) is 4.00. The highest BCUT2D eigenvalue weighted by Crippen LogP contribution is 2.08. The molecule has 1 unspecified atom stereocenters. The van der Waals surface area contributed by atoms with Crippen LogP contribution in [0.2, 0.25) is 0 Å².